The minimum atomic E-state index is -0.169. The number of methoxy groups -OCH3 is 1. The number of hydrogen-bond donors (Lipinski definition) is 3. The molecule has 1 amide bonds. The van der Waals surface area contributed by atoms with Crippen molar-refractivity contribution in [3.8, 4) is 11.4 Å². The number of nitrogens with zero attached hydrogens (tertiary/aromatic N) is 2. The van der Waals surface area contributed by atoms with Crippen LogP contribution in [0.4, 0.5) is 5.82 Å². The standard InChI is InChI=1S/C19H21N5O2/c1-26-11-13-10-14-17(21-13)22-16(12-6-3-2-4-7-12)23-18(14)24-19(25)15-8-5-9-20-15/h2-4,6-7,10,15,20H,5,8-9,11H2,1H3,(H2,21,22,23,24,25)/t15-/m0/s1. The molecule has 26 heavy (non-hydrogen) atoms. The van der Waals surface area contributed by atoms with Crippen molar-refractivity contribution in [2.45, 2.75) is 25.5 Å². The molecule has 1 aromatic carbocycles. The highest BCUT2D eigenvalue weighted by atomic mass is 16.5. The van der Waals surface area contributed by atoms with Crippen molar-refractivity contribution >= 4 is 22.8 Å². The summed E-state index contributed by atoms with van der Waals surface area (Å²) < 4.78 is 5.20. The second-order valence-electron chi connectivity index (χ2n) is 6.39. The van der Waals surface area contributed by atoms with Crippen LogP contribution in [0.1, 0.15) is 18.5 Å². The number of rotatable bonds is 5. The van der Waals surface area contributed by atoms with Crippen LogP contribution < -0.4 is 10.6 Å². The molecule has 3 aromatic rings. The molecule has 0 spiro atoms. The zero-order valence-electron chi connectivity index (χ0n) is 14.6. The van der Waals surface area contributed by atoms with Crippen molar-refractivity contribution in [3.05, 3.63) is 42.1 Å². The molecule has 4 rings (SSSR count). The molecular formula is C19H21N5O2. The van der Waals surface area contributed by atoms with Gasteiger partial charge in [-0.15, -0.1) is 0 Å². The van der Waals surface area contributed by atoms with E-state index in [-0.39, 0.29) is 11.9 Å². The highest BCUT2D eigenvalue weighted by Gasteiger charge is 2.23. The molecule has 134 valence electrons. The maximum atomic E-state index is 12.6. The van der Waals surface area contributed by atoms with Gasteiger partial charge in [0.2, 0.25) is 5.91 Å². The Balaban J connectivity index is 1.75. The van der Waals surface area contributed by atoms with E-state index in [0.29, 0.717) is 23.9 Å². The van der Waals surface area contributed by atoms with Gasteiger partial charge in [0, 0.05) is 18.4 Å². The first-order valence-electron chi connectivity index (χ1n) is 8.73. The Labute approximate surface area is 151 Å². The quantitative estimate of drug-likeness (QED) is 0.657. The maximum Gasteiger partial charge on any atom is 0.242 e. The van der Waals surface area contributed by atoms with Crippen molar-refractivity contribution in [1.82, 2.24) is 20.3 Å². The fourth-order valence-electron chi connectivity index (χ4n) is 3.22. The second-order valence-corrected chi connectivity index (χ2v) is 6.39. The Morgan fingerprint density at radius 3 is 2.88 bits per heavy atom. The third-order valence-corrected chi connectivity index (χ3v) is 4.49. The number of amides is 1. The number of carbonyl (C=O) groups excluding carboxylic acids is 1. The van der Waals surface area contributed by atoms with E-state index in [0.717, 1.165) is 36.0 Å². The number of aromatic amines is 1. The van der Waals surface area contributed by atoms with Gasteiger partial charge in [-0.05, 0) is 25.5 Å². The van der Waals surface area contributed by atoms with Crippen LogP contribution in [-0.2, 0) is 16.1 Å². The van der Waals surface area contributed by atoms with Gasteiger partial charge >= 0.3 is 0 Å². The van der Waals surface area contributed by atoms with E-state index >= 15 is 0 Å². The monoisotopic (exact) mass is 351 g/mol. The average molecular weight is 351 g/mol. The first-order valence-corrected chi connectivity index (χ1v) is 8.73. The topological polar surface area (TPSA) is 91.9 Å². The summed E-state index contributed by atoms with van der Waals surface area (Å²) in [5.41, 5.74) is 2.46. The molecule has 1 aliphatic rings. The predicted molar refractivity (Wildman–Crippen MR) is 99.7 cm³/mol. The normalized spacial score (nSPS) is 16.9. The molecule has 1 fully saturated rings. The number of hydrogen-bond acceptors (Lipinski definition) is 5. The first-order chi connectivity index (χ1) is 12.7. The lowest BCUT2D eigenvalue weighted by atomic mass is 10.2. The van der Waals surface area contributed by atoms with Crippen LogP contribution in [0.15, 0.2) is 36.4 Å². The molecule has 0 saturated carbocycles. The van der Waals surface area contributed by atoms with E-state index in [1.165, 1.54) is 0 Å². The number of anilines is 1. The predicted octanol–water partition coefficient (Wildman–Crippen LogP) is 2.46. The summed E-state index contributed by atoms with van der Waals surface area (Å²) in [6.07, 6.45) is 1.85. The molecule has 3 heterocycles. The van der Waals surface area contributed by atoms with E-state index in [1.54, 1.807) is 7.11 Å². The Kier molecular flexibility index (Phi) is 4.64. The molecular weight excluding hydrogens is 330 g/mol. The molecule has 2 aromatic heterocycles. The van der Waals surface area contributed by atoms with Crippen LogP contribution in [0.5, 0.6) is 0 Å². The third-order valence-electron chi connectivity index (χ3n) is 4.49. The van der Waals surface area contributed by atoms with Crippen molar-refractivity contribution in [2.24, 2.45) is 0 Å². The first kappa shape index (κ1) is 16.7. The molecule has 1 atom stereocenters. The fourth-order valence-corrected chi connectivity index (χ4v) is 3.22. The zero-order chi connectivity index (χ0) is 17.9. The number of fused-ring (bicyclic) bond motifs is 1. The Morgan fingerprint density at radius 2 is 2.15 bits per heavy atom. The molecule has 0 bridgehead atoms. The number of ether oxygens (including phenoxy) is 1. The van der Waals surface area contributed by atoms with Crippen LogP contribution in [-0.4, -0.2) is 40.6 Å². The van der Waals surface area contributed by atoms with Gasteiger partial charge in [0.05, 0.1) is 18.0 Å². The Hall–Kier alpha value is -2.77. The van der Waals surface area contributed by atoms with Gasteiger partial charge in [-0.1, -0.05) is 30.3 Å². The van der Waals surface area contributed by atoms with Gasteiger partial charge in [-0.3, -0.25) is 4.79 Å². The molecule has 1 aliphatic heterocycles. The van der Waals surface area contributed by atoms with Gasteiger partial charge in [0.25, 0.3) is 0 Å². The van der Waals surface area contributed by atoms with Crippen molar-refractivity contribution in [3.63, 3.8) is 0 Å². The summed E-state index contributed by atoms with van der Waals surface area (Å²) in [7, 11) is 1.64. The van der Waals surface area contributed by atoms with Crippen LogP contribution in [0, 0.1) is 0 Å². The number of benzene rings is 1. The smallest absolute Gasteiger partial charge is 0.242 e. The SMILES string of the molecule is COCc1cc2c(NC(=O)[C@@H]3CCCN3)nc(-c3ccccc3)nc2[nH]1. The summed E-state index contributed by atoms with van der Waals surface area (Å²) in [4.78, 5) is 25.1. The number of H-pyrrole nitrogens is 1. The number of aromatic nitrogens is 3. The molecule has 1 saturated heterocycles. The van der Waals surface area contributed by atoms with E-state index in [9.17, 15) is 4.79 Å². The Bertz CT molecular complexity index is 916. The zero-order valence-corrected chi connectivity index (χ0v) is 14.6. The maximum absolute atomic E-state index is 12.6. The minimum absolute atomic E-state index is 0.0593. The highest BCUT2D eigenvalue weighted by Crippen LogP contribution is 2.26. The molecule has 0 unspecified atom stereocenters. The summed E-state index contributed by atoms with van der Waals surface area (Å²) in [6, 6.07) is 11.5. The van der Waals surface area contributed by atoms with Crippen molar-refractivity contribution < 1.29 is 9.53 Å². The number of nitrogens with one attached hydrogen (secondary N) is 3. The van der Waals surface area contributed by atoms with Crippen molar-refractivity contribution in [1.29, 1.82) is 0 Å². The largest absolute Gasteiger partial charge is 0.378 e. The summed E-state index contributed by atoms with van der Waals surface area (Å²) in [6.45, 7) is 1.31. The van der Waals surface area contributed by atoms with Gasteiger partial charge in [-0.2, -0.15) is 0 Å². The Morgan fingerprint density at radius 1 is 1.31 bits per heavy atom. The molecule has 3 N–H and O–H groups in total. The lowest BCUT2D eigenvalue weighted by molar-refractivity contribution is -0.117. The van der Waals surface area contributed by atoms with Crippen LogP contribution in [0.3, 0.4) is 0 Å². The lowest BCUT2D eigenvalue weighted by Crippen LogP contribution is -2.35. The molecule has 7 nitrogen and oxygen atoms in total. The van der Waals surface area contributed by atoms with Gasteiger partial charge in [0.1, 0.15) is 11.5 Å². The van der Waals surface area contributed by atoms with Gasteiger partial charge in [-0.25, -0.2) is 9.97 Å². The molecule has 0 radical (unpaired) electrons. The van der Waals surface area contributed by atoms with E-state index in [4.69, 9.17) is 4.74 Å². The second kappa shape index (κ2) is 7.23. The fraction of sp³-hybridized carbons (Fsp3) is 0.316. The van der Waals surface area contributed by atoms with E-state index < -0.39 is 0 Å². The van der Waals surface area contributed by atoms with Gasteiger partial charge < -0.3 is 20.4 Å². The molecule has 0 aliphatic carbocycles. The minimum Gasteiger partial charge on any atom is -0.378 e. The van der Waals surface area contributed by atoms with E-state index in [1.807, 2.05) is 36.4 Å². The lowest BCUT2D eigenvalue weighted by Gasteiger charge is -2.12. The van der Waals surface area contributed by atoms with Crippen molar-refractivity contribution in [2.75, 3.05) is 19.0 Å². The van der Waals surface area contributed by atoms with E-state index in [2.05, 4.69) is 25.6 Å². The number of carbonyl (C=O) groups is 1. The van der Waals surface area contributed by atoms with Crippen LogP contribution in [0.25, 0.3) is 22.4 Å². The third kappa shape index (κ3) is 3.31. The summed E-state index contributed by atoms with van der Waals surface area (Å²) in [5, 5.41) is 6.97. The highest BCUT2D eigenvalue weighted by molar-refractivity contribution is 6.01. The molecule has 7 heteroatoms. The summed E-state index contributed by atoms with van der Waals surface area (Å²) >= 11 is 0. The van der Waals surface area contributed by atoms with Crippen LogP contribution >= 0.6 is 0 Å². The van der Waals surface area contributed by atoms with Crippen LogP contribution in [0.2, 0.25) is 0 Å². The summed E-state index contributed by atoms with van der Waals surface area (Å²) in [5.74, 6) is 1.03. The van der Waals surface area contributed by atoms with Gasteiger partial charge in [0.15, 0.2) is 5.82 Å². The average Bonchev–Trinajstić information content (AvgIpc) is 3.32.